The molecule has 1 aliphatic carbocycles. The number of benzene rings is 1. The van der Waals surface area contributed by atoms with Crippen molar-refractivity contribution in [1.82, 2.24) is 19.4 Å². The summed E-state index contributed by atoms with van der Waals surface area (Å²) in [6.07, 6.45) is 9.93. The fraction of sp³-hybridized carbons (Fsp3) is 0.571. The van der Waals surface area contributed by atoms with Crippen LogP contribution in [0.2, 0.25) is 0 Å². The molecule has 2 aliphatic rings. The van der Waals surface area contributed by atoms with Crippen molar-refractivity contribution in [2.24, 2.45) is 0 Å². The van der Waals surface area contributed by atoms with E-state index in [4.69, 9.17) is 9.72 Å². The van der Waals surface area contributed by atoms with Crippen LogP contribution in [0, 0.1) is 0 Å². The maximum atomic E-state index is 10.1. The number of hydrogen-bond acceptors (Lipinski definition) is 6. The highest BCUT2D eigenvalue weighted by molar-refractivity contribution is 5.94. The molecule has 188 valence electrons. The van der Waals surface area contributed by atoms with Crippen LogP contribution in [-0.4, -0.2) is 63.0 Å². The number of aromatic nitrogens is 3. The number of anilines is 1. The summed E-state index contributed by atoms with van der Waals surface area (Å²) in [5, 5.41) is 14.6. The van der Waals surface area contributed by atoms with Gasteiger partial charge in [0.05, 0.1) is 19.3 Å². The smallest absolute Gasteiger partial charge is 0.224 e. The second-order valence-corrected chi connectivity index (χ2v) is 10.3. The highest BCUT2D eigenvalue weighted by Gasteiger charge is 2.24. The van der Waals surface area contributed by atoms with Crippen LogP contribution in [0.5, 0.6) is 0 Å². The molecule has 0 radical (unpaired) electrons. The maximum absolute atomic E-state index is 10.1. The Kier molecular flexibility index (Phi) is 7.66. The fourth-order valence-electron chi connectivity index (χ4n) is 5.48. The normalized spacial score (nSPS) is 22.4. The summed E-state index contributed by atoms with van der Waals surface area (Å²) < 4.78 is 7.82. The third kappa shape index (κ3) is 5.68. The lowest BCUT2D eigenvalue weighted by Gasteiger charge is -2.27. The molecule has 7 heteroatoms. The minimum atomic E-state index is -0.173. The third-order valence-electron chi connectivity index (χ3n) is 7.50. The zero-order chi connectivity index (χ0) is 24.2. The van der Waals surface area contributed by atoms with Gasteiger partial charge in [0.25, 0.3) is 0 Å². The van der Waals surface area contributed by atoms with Crippen LogP contribution in [-0.2, 0) is 11.3 Å². The molecule has 1 aromatic carbocycles. The molecule has 3 aromatic rings. The van der Waals surface area contributed by atoms with Crippen LogP contribution in [0.4, 0.5) is 5.95 Å². The SMILES string of the molecule is CCC[C@H](C)Nc1ncc2c(-c3ccc(CN4CCOCC4)cc3)cn(C3CCC(O)CC3)c2n1. The second-order valence-electron chi connectivity index (χ2n) is 10.3. The Balaban J connectivity index is 1.45. The second kappa shape index (κ2) is 11.1. The van der Waals surface area contributed by atoms with E-state index in [1.165, 1.54) is 16.7 Å². The summed E-state index contributed by atoms with van der Waals surface area (Å²) in [4.78, 5) is 12.1. The van der Waals surface area contributed by atoms with Gasteiger partial charge in [-0.1, -0.05) is 37.6 Å². The number of nitrogens with zero attached hydrogens (tertiary/aromatic N) is 4. The summed E-state index contributed by atoms with van der Waals surface area (Å²) in [6, 6.07) is 9.64. The Morgan fingerprint density at radius 2 is 1.86 bits per heavy atom. The molecule has 0 bridgehead atoms. The van der Waals surface area contributed by atoms with Gasteiger partial charge in [-0.05, 0) is 50.2 Å². The van der Waals surface area contributed by atoms with Crippen molar-refractivity contribution < 1.29 is 9.84 Å². The lowest BCUT2D eigenvalue weighted by molar-refractivity contribution is 0.0342. The quantitative estimate of drug-likeness (QED) is 0.475. The number of morpholine rings is 1. The Morgan fingerprint density at radius 1 is 1.11 bits per heavy atom. The Bertz CT molecular complexity index is 1100. The minimum absolute atomic E-state index is 0.173. The maximum Gasteiger partial charge on any atom is 0.224 e. The van der Waals surface area contributed by atoms with E-state index in [1.807, 2.05) is 6.20 Å². The van der Waals surface area contributed by atoms with Crippen LogP contribution < -0.4 is 5.32 Å². The molecule has 5 rings (SSSR count). The molecule has 35 heavy (non-hydrogen) atoms. The van der Waals surface area contributed by atoms with Gasteiger partial charge in [0.1, 0.15) is 5.65 Å². The molecule has 2 fully saturated rings. The molecule has 1 saturated carbocycles. The topological polar surface area (TPSA) is 75.4 Å². The van der Waals surface area contributed by atoms with Crippen molar-refractivity contribution in [3.63, 3.8) is 0 Å². The Hall–Kier alpha value is -2.48. The van der Waals surface area contributed by atoms with Gasteiger partial charge in [0.15, 0.2) is 0 Å². The minimum Gasteiger partial charge on any atom is -0.393 e. The first kappa shape index (κ1) is 24.2. The molecule has 0 spiro atoms. The Labute approximate surface area is 208 Å². The predicted molar refractivity (Wildman–Crippen MR) is 141 cm³/mol. The van der Waals surface area contributed by atoms with E-state index in [0.717, 1.165) is 82.4 Å². The van der Waals surface area contributed by atoms with Gasteiger partial charge in [-0.2, -0.15) is 4.98 Å². The van der Waals surface area contributed by atoms with E-state index in [9.17, 15) is 5.11 Å². The first-order chi connectivity index (χ1) is 17.1. The van der Waals surface area contributed by atoms with Gasteiger partial charge in [-0.15, -0.1) is 0 Å². The number of hydrogen-bond donors (Lipinski definition) is 2. The van der Waals surface area contributed by atoms with Gasteiger partial charge < -0.3 is 19.7 Å². The number of aliphatic hydroxyl groups is 1. The summed E-state index contributed by atoms with van der Waals surface area (Å²) in [5.41, 5.74) is 4.68. The van der Waals surface area contributed by atoms with Crippen LogP contribution in [0.3, 0.4) is 0 Å². The van der Waals surface area contributed by atoms with Gasteiger partial charge in [-0.25, -0.2) is 4.98 Å². The Morgan fingerprint density at radius 3 is 2.57 bits per heavy atom. The number of fused-ring (bicyclic) bond motifs is 1. The van der Waals surface area contributed by atoms with Crippen molar-refractivity contribution in [1.29, 1.82) is 0 Å². The lowest BCUT2D eigenvalue weighted by atomic mass is 9.93. The van der Waals surface area contributed by atoms with Crippen LogP contribution in [0.25, 0.3) is 22.2 Å². The molecular weight excluding hydrogens is 438 g/mol. The van der Waals surface area contributed by atoms with E-state index >= 15 is 0 Å². The van der Waals surface area contributed by atoms with Crippen LogP contribution in [0.15, 0.2) is 36.7 Å². The van der Waals surface area contributed by atoms with Crippen LogP contribution >= 0.6 is 0 Å². The van der Waals surface area contributed by atoms with Crippen molar-refractivity contribution in [3.05, 3.63) is 42.2 Å². The average Bonchev–Trinajstić information content (AvgIpc) is 3.24. The van der Waals surface area contributed by atoms with Crippen molar-refractivity contribution in [2.45, 2.75) is 77.1 Å². The summed E-state index contributed by atoms with van der Waals surface area (Å²) >= 11 is 0. The molecule has 0 amide bonds. The van der Waals surface area contributed by atoms with E-state index in [-0.39, 0.29) is 6.10 Å². The third-order valence-corrected chi connectivity index (χ3v) is 7.50. The average molecular weight is 478 g/mol. The zero-order valence-electron chi connectivity index (χ0n) is 21.1. The molecule has 1 saturated heterocycles. The molecule has 1 atom stereocenters. The summed E-state index contributed by atoms with van der Waals surface area (Å²) in [6.45, 7) is 8.98. The number of ether oxygens (including phenoxy) is 1. The number of aliphatic hydroxyl groups excluding tert-OH is 1. The van der Waals surface area contributed by atoms with Crippen molar-refractivity contribution in [3.8, 4) is 11.1 Å². The number of rotatable bonds is 8. The monoisotopic (exact) mass is 477 g/mol. The first-order valence-corrected chi connectivity index (χ1v) is 13.3. The molecule has 2 N–H and O–H groups in total. The highest BCUT2D eigenvalue weighted by Crippen LogP contribution is 2.36. The molecule has 7 nitrogen and oxygen atoms in total. The largest absolute Gasteiger partial charge is 0.393 e. The van der Waals surface area contributed by atoms with Gasteiger partial charge in [0, 0.05) is 55.1 Å². The fourth-order valence-corrected chi connectivity index (χ4v) is 5.48. The van der Waals surface area contributed by atoms with Crippen LogP contribution in [0.1, 0.15) is 64.0 Å². The molecule has 0 unspecified atom stereocenters. The van der Waals surface area contributed by atoms with Gasteiger partial charge in [0.2, 0.25) is 5.95 Å². The zero-order valence-corrected chi connectivity index (χ0v) is 21.1. The van der Waals surface area contributed by atoms with E-state index in [2.05, 4.69) is 64.1 Å². The van der Waals surface area contributed by atoms with Crippen molar-refractivity contribution in [2.75, 3.05) is 31.6 Å². The molecule has 3 heterocycles. The predicted octanol–water partition coefficient (Wildman–Crippen LogP) is 5.01. The standard InChI is InChI=1S/C28H39N5O2/c1-3-4-20(2)30-28-29-17-25-26(19-33(27(25)31-28)23-9-11-24(34)12-10-23)22-7-5-21(6-8-22)18-32-13-15-35-16-14-32/h5-8,17,19-20,23-24,34H,3-4,9-16,18H2,1-2H3,(H,29,30,31)/t20-,23?,24?/m0/s1. The lowest BCUT2D eigenvalue weighted by Crippen LogP contribution is -2.35. The van der Waals surface area contributed by atoms with Gasteiger partial charge >= 0.3 is 0 Å². The van der Waals surface area contributed by atoms with E-state index in [0.29, 0.717) is 18.0 Å². The molecule has 2 aromatic heterocycles. The van der Waals surface area contributed by atoms with E-state index in [1.54, 1.807) is 0 Å². The number of nitrogens with one attached hydrogen (secondary N) is 1. The first-order valence-electron chi connectivity index (χ1n) is 13.3. The molecular formula is C28H39N5O2. The molecule has 1 aliphatic heterocycles. The van der Waals surface area contributed by atoms with E-state index < -0.39 is 0 Å². The highest BCUT2D eigenvalue weighted by atomic mass is 16.5. The summed E-state index contributed by atoms with van der Waals surface area (Å²) in [7, 11) is 0. The van der Waals surface area contributed by atoms with Crippen molar-refractivity contribution >= 4 is 17.0 Å². The van der Waals surface area contributed by atoms with Gasteiger partial charge in [-0.3, -0.25) is 4.90 Å². The summed E-state index contributed by atoms with van der Waals surface area (Å²) in [5.74, 6) is 0.695.